The van der Waals surface area contributed by atoms with Gasteiger partial charge in [0.05, 0.1) is 23.3 Å². The number of hydrogen-bond acceptors (Lipinski definition) is 4. The van der Waals surface area contributed by atoms with E-state index in [2.05, 4.69) is 20.8 Å². The number of carbonyl (C=O) groups is 2. The van der Waals surface area contributed by atoms with Crippen LogP contribution >= 0.6 is 11.3 Å². The molecule has 18 heavy (non-hydrogen) atoms. The van der Waals surface area contributed by atoms with Gasteiger partial charge in [-0.3, -0.25) is 14.7 Å². The number of anilines is 1. The zero-order valence-electron chi connectivity index (χ0n) is 9.69. The summed E-state index contributed by atoms with van der Waals surface area (Å²) in [6, 6.07) is 3.61. The molecule has 6 nitrogen and oxygen atoms in total. The van der Waals surface area contributed by atoms with Crippen molar-refractivity contribution in [3.63, 3.8) is 0 Å². The second kappa shape index (κ2) is 5.46. The minimum atomic E-state index is -0.293. The van der Waals surface area contributed by atoms with Gasteiger partial charge in [0.15, 0.2) is 0 Å². The van der Waals surface area contributed by atoms with Crippen LogP contribution in [0.15, 0.2) is 24.5 Å². The van der Waals surface area contributed by atoms with Crippen molar-refractivity contribution in [2.24, 2.45) is 0 Å². The predicted octanol–water partition coefficient (Wildman–Crippen LogP) is 1.15. The highest BCUT2D eigenvalue weighted by molar-refractivity contribution is 7.13. The molecule has 7 heteroatoms. The number of rotatable bonds is 4. The van der Waals surface area contributed by atoms with Crippen LogP contribution in [-0.4, -0.2) is 28.6 Å². The van der Waals surface area contributed by atoms with Gasteiger partial charge < -0.3 is 10.6 Å². The summed E-state index contributed by atoms with van der Waals surface area (Å²) in [6.45, 7) is 1.86. The number of nitrogens with zero attached hydrogens (tertiary/aromatic N) is 1. The normalized spacial score (nSPS) is 10.1. The molecular formula is C11H12N4O2S. The van der Waals surface area contributed by atoms with Gasteiger partial charge in [-0.1, -0.05) is 0 Å². The van der Waals surface area contributed by atoms with Crippen molar-refractivity contribution in [1.29, 1.82) is 0 Å². The molecule has 0 unspecified atom stereocenters. The molecule has 0 spiro atoms. The molecule has 0 saturated heterocycles. The average Bonchev–Trinajstić information content (AvgIpc) is 2.97. The highest BCUT2D eigenvalue weighted by Crippen LogP contribution is 2.14. The number of thiophene rings is 1. The average molecular weight is 264 g/mol. The molecule has 3 N–H and O–H groups in total. The van der Waals surface area contributed by atoms with Crippen LogP contribution in [-0.2, 0) is 4.79 Å². The van der Waals surface area contributed by atoms with Crippen molar-refractivity contribution in [1.82, 2.24) is 15.5 Å². The fraction of sp³-hybridized carbons (Fsp3) is 0.182. The molecule has 0 bridgehead atoms. The minimum Gasteiger partial charge on any atom is -0.342 e. The Bertz CT molecular complexity index is 547. The monoisotopic (exact) mass is 264 g/mol. The third-order valence-electron chi connectivity index (χ3n) is 2.16. The number of aryl methyl sites for hydroxylation is 1. The van der Waals surface area contributed by atoms with Crippen molar-refractivity contribution in [3.05, 3.63) is 34.3 Å². The van der Waals surface area contributed by atoms with Gasteiger partial charge >= 0.3 is 0 Å². The smallest absolute Gasteiger partial charge is 0.261 e. The van der Waals surface area contributed by atoms with E-state index in [1.165, 1.54) is 17.5 Å². The van der Waals surface area contributed by atoms with Gasteiger partial charge in [-0.2, -0.15) is 5.10 Å². The van der Waals surface area contributed by atoms with Crippen LogP contribution in [0.25, 0.3) is 0 Å². The molecule has 0 fully saturated rings. The van der Waals surface area contributed by atoms with E-state index in [0.29, 0.717) is 10.6 Å². The molecule has 2 aromatic rings. The van der Waals surface area contributed by atoms with E-state index in [1.807, 2.05) is 13.0 Å². The van der Waals surface area contributed by atoms with Gasteiger partial charge in [0.1, 0.15) is 0 Å². The summed E-state index contributed by atoms with van der Waals surface area (Å²) in [5, 5.41) is 11.4. The summed E-state index contributed by atoms with van der Waals surface area (Å²) in [7, 11) is 0. The zero-order chi connectivity index (χ0) is 13.0. The van der Waals surface area contributed by atoms with Crippen molar-refractivity contribution in [3.8, 4) is 0 Å². The Morgan fingerprint density at radius 1 is 1.44 bits per heavy atom. The number of nitrogens with one attached hydrogen (secondary N) is 3. The van der Waals surface area contributed by atoms with Crippen molar-refractivity contribution >= 4 is 28.8 Å². The van der Waals surface area contributed by atoms with Crippen molar-refractivity contribution in [2.45, 2.75) is 6.92 Å². The summed E-state index contributed by atoms with van der Waals surface area (Å²) < 4.78 is 0. The number of amides is 2. The number of hydrogen-bond donors (Lipinski definition) is 3. The van der Waals surface area contributed by atoms with Crippen molar-refractivity contribution < 1.29 is 9.59 Å². The van der Waals surface area contributed by atoms with Crippen LogP contribution < -0.4 is 10.6 Å². The zero-order valence-corrected chi connectivity index (χ0v) is 10.5. The third-order valence-corrected chi connectivity index (χ3v) is 3.16. The number of carbonyl (C=O) groups excluding carboxylic acids is 2. The topological polar surface area (TPSA) is 86.9 Å². The van der Waals surface area contributed by atoms with E-state index in [9.17, 15) is 9.59 Å². The minimum absolute atomic E-state index is 0.0685. The quantitative estimate of drug-likeness (QED) is 0.774. The first-order chi connectivity index (χ1) is 8.65. The molecule has 0 aliphatic heterocycles. The summed E-state index contributed by atoms with van der Waals surface area (Å²) in [4.78, 5) is 24.8. The van der Waals surface area contributed by atoms with Gasteiger partial charge in [-0.05, 0) is 19.1 Å². The molecule has 2 heterocycles. The molecule has 0 aromatic carbocycles. The Hall–Kier alpha value is -2.15. The largest absolute Gasteiger partial charge is 0.342 e. The molecule has 2 rings (SSSR count). The standard InChI is InChI=1S/C11H12N4O2S/c1-7-2-3-9(18-7)11(17)12-6-10(16)15-8-4-13-14-5-8/h2-5H,6H2,1H3,(H,12,17)(H,13,14)(H,15,16). The number of aromatic amines is 1. The fourth-order valence-electron chi connectivity index (χ4n) is 1.33. The summed E-state index contributed by atoms with van der Waals surface area (Å²) in [5.74, 6) is -0.534. The molecule has 0 radical (unpaired) electrons. The summed E-state index contributed by atoms with van der Waals surface area (Å²) in [5.41, 5.74) is 0.571. The lowest BCUT2D eigenvalue weighted by Crippen LogP contribution is -2.32. The maximum absolute atomic E-state index is 11.7. The Morgan fingerprint density at radius 3 is 2.89 bits per heavy atom. The van der Waals surface area contributed by atoms with Gasteiger partial charge in [0.2, 0.25) is 5.91 Å². The van der Waals surface area contributed by atoms with E-state index in [0.717, 1.165) is 4.88 Å². The van der Waals surface area contributed by atoms with Gasteiger partial charge in [-0.15, -0.1) is 11.3 Å². The van der Waals surface area contributed by atoms with Crippen LogP contribution in [0.2, 0.25) is 0 Å². The molecular weight excluding hydrogens is 252 g/mol. The Labute approximate surface area is 107 Å². The first-order valence-corrected chi connectivity index (χ1v) is 6.10. The first-order valence-electron chi connectivity index (χ1n) is 5.28. The van der Waals surface area contributed by atoms with Crippen LogP contribution in [0.4, 0.5) is 5.69 Å². The molecule has 0 aliphatic rings. The van der Waals surface area contributed by atoms with Crippen LogP contribution in [0, 0.1) is 6.92 Å². The lowest BCUT2D eigenvalue weighted by Gasteiger charge is -2.03. The van der Waals surface area contributed by atoms with E-state index < -0.39 is 0 Å². The predicted molar refractivity (Wildman–Crippen MR) is 68.6 cm³/mol. The Morgan fingerprint density at radius 2 is 2.28 bits per heavy atom. The van der Waals surface area contributed by atoms with Crippen LogP contribution in [0.3, 0.4) is 0 Å². The molecule has 0 saturated carbocycles. The maximum Gasteiger partial charge on any atom is 0.261 e. The molecule has 2 amide bonds. The Balaban J connectivity index is 1.81. The fourth-order valence-corrected chi connectivity index (χ4v) is 2.11. The molecule has 2 aromatic heterocycles. The Kier molecular flexibility index (Phi) is 3.73. The van der Waals surface area contributed by atoms with Gasteiger partial charge in [0.25, 0.3) is 5.91 Å². The maximum atomic E-state index is 11.7. The van der Waals surface area contributed by atoms with Crippen molar-refractivity contribution in [2.75, 3.05) is 11.9 Å². The van der Waals surface area contributed by atoms with Crippen LogP contribution in [0.5, 0.6) is 0 Å². The van der Waals surface area contributed by atoms with Crippen LogP contribution in [0.1, 0.15) is 14.5 Å². The number of aromatic nitrogens is 2. The second-order valence-electron chi connectivity index (χ2n) is 3.63. The molecule has 0 aliphatic carbocycles. The SMILES string of the molecule is Cc1ccc(C(=O)NCC(=O)Nc2cn[nH]c2)s1. The third kappa shape index (κ3) is 3.17. The number of H-pyrrole nitrogens is 1. The van der Waals surface area contributed by atoms with Gasteiger partial charge in [0, 0.05) is 11.1 Å². The van der Waals surface area contributed by atoms with E-state index in [4.69, 9.17) is 0 Å². The van der Waals surface area contributed by atoms with Gasteiger partial charge in [-0.25, -0.2) is 0 Å². The summed E-state index contributed by atoms with van der Waals surface area (Å²) >= 11 is 1.39. The second-order valence-corrected chi connectivity index (χ2v) is 4.92. The van der Waals surface area contributed by atoms with E-state index in [1.54, 1.807) is 12.3 Å². The molecule has 0 atom stereocenters. The highest BCUT2D eigenvalue weighted by Gasteiger charge is 2.10. The van der Waals surface area contributed by atoms with E-state index in [-0.39, 0.29) is 18.4 Å². The summed E-state index contributed by atoms with van der Waals surface area (Å²) in [6.07, 6.45) is 3.05. The highest BCUT2D eigenvalue weighted by atomic mass is 32.1. The van der Waals surface area contributed by atoms with E-state index >= 15 is 0 Å². The molecule has 94 valence electrons. The first kappa shape index (κ1) is 12.3. The lowest BCUT2D eigenvalue weighted by molar-refractivity contribution is -0.115. The lowest BCUT2D eigenvalue weighted by atomic mass is 10.4.